The summed E-state index contributed by atoms with van der Waals surface area (Å²) in [6, 6.07) is 5.28. The molecule has 0 bridgehead atoms. The Morgan fingerprint density at radius 2 is 1.25 bits per heavy atom. The van der Waals surface area contributed by atoms with Crippen LogP contribution in [0.3, 0.4) is 0 Å². The van der Waals surface area contributed by atoms with Crippen molar-refractivity contribution in [3.8, 4) is 0 Å². The van der Waals surface area contributed by atoms with Gasteiger partial charge in [0.2, 0.25) is 5.91 Å². The van der Waals surface area contributed by atoms with E-state index < -0.39 is 82.3 Å². The Kier molecular flexibility index (Phi) is 15.4. The monoisotopic (exact) mass is 742 g/mol. The van der Waals surface area contributed by atoms with Crippen LogP contribution in [0.15, 0.2) is 54.6 Å². The predicted octanol–water partition coefficient (Wildman–Crippen LogP) is 6.13. The van der Waals surface area contributed by atoms with Crippen LogP contribution in [0, 0.1) is 5.92 Å². The highest BCUT2D eigenvalue weighted by atomic mass is 16.6. The summed E-state index contributed by atoms with van der Waals surface area (Å²) in [5.41, 5.74) is -2.66. The zero-order chi connectivity index (χ0) is 40.4. The standard InChI is InChI=1S/C40H58N2O11/c1-37(2,3)50-30(43)21-18-27-24-28(19-22-31(44)51-38(4,5)6)42(33(27)35(47)53-40(10,11)12)34(46)29(20-23-32(45)52-39(7,8)9)41-36(48)49-25-26-16-14-13-15-17-26/h13-19,21-22,27-29,33H,20,23-25H2,1-12H3,(H,41,48)/b21-18+,22-19-/t27-,28+,29-,33-/m0/s1. The first-order valence-electron chi connectivity index (χ1n) is 17.8. The number of hydrogen-bond donors (Lipinski definition) is 1. The smallest absolute Gasteiger partial charge is 0.408 e. The second-order valence-electron chi connectivity index (χ2n) is 16.9. The number of benzene rings is 1. The first-order valence-corrected chi connectivity index (χ1v) is 17.8. The van der Waals surface area contributed by atoms with E-state index in [2.05, 4.69) is 5.32 Å². The molecule has 1 aromatic carbocycles. The molecule has 0 aromatic heterocycles. The molecule has 1 heterocycles. The molecule has 1 fully saturated rings. The van der Waals surface area contributed by atoms with Gasteiger partial charge < -0.3 is 33.9 Å². The van der Waals surface area contributed by atoms with Crippen molar-refractivity contribution in [2.24, 2.45) is 5.92 Å². The Morgan fingerprint density at radius 1 is 0.736 bits per heavy atom. The molecule has 0 spiro atoms. The van der Waals surface area contributed by atoms with E-state index in [1.165, 1.54) is 29.2 Å². The van der Waals surface area contributed by atoms with Crippen molar-refractivity contribution in [2.75, 3.05) is 0 Å². The summed E-state index contributed by atoms with van der Waals surface area (Å²) in [5, 5.41) is 2.58. The van der Waals surface area contributed by atoms with Crippen molar-refractivity contribution in [2.45, 2.75) is 149 Å². The number of hydrogen-bond acceptors (Lipinski definition) is 11. The third kappa shape index (κ3) is 17.1. The van der Waals surface area contributed by atoms with Crippen molar-refractivity contribution in [3.05, 3.63) is 60.2 Å². The van der Waals surface area contributed by atoms with Gasteiger partial charge >= 0.3 is 30.0 Å². The van der Waals surface area contributed by atoms with E-state index in [1.807, 2.05) is 6.07 Å². The number of carbonyl (C=O) groups excluding carboxylic acids is 6. The van der Waals surface area contributed by atoms with Crippen LogP contribution in [0.4, 0.5) is 4.79 Å². The summed E-state index contributed by atoms with van der Waals surface area (Å²) >= 11 is 0. The van der Waals surface area contributed by atoms with Gasteiger partial charge in [-0.1, -0.05) is 42.5 Å². The number of esters is 4. The Bertz CT molecular complexity index is 1510. The Morgan fingerprint density at radius 3 is 1.75 bits per heavy atom. The Balaban J connectivity index is 2.63. The van der Waals surface area contributed by atoms with Gasteiger partial charge in [-0.3, -0.25) is 9.59 Å². The number of alkyl carbamates (subject to hydrolysis) is 1. The Hall–Kier alpha value is -4.68. The molecule has 2 amide bonds. The molecule has 1 aliphatic heterocycles. The molecular formula is C40H58N2O11. The average Bonchev–Trinajstić information content (AvgIpc) is 3.35. The van der Waals surface area contributed by atoms with Crippen LogP contribution in [-0.2, 0) is 54.3 Å². The largest absolute Gasteiger partial charge is 0.460 e. The lowest BCUT2D eigenvalue weighted by atomic mass is 9.97. The van der Waals surface area contributed by atoms with Crippen molar-refractivity contribution in [1.29, 1.82) is 0 Å². The molecule has 53 heavy (non-hydrogen) atoms. The molecule has 2 rings (SSSR count). The topological polar surface area (TPSA) is 164 Å². The van der Waals surface area contributed by atoms with Gasteiger partial charge in [-0.25, -0.2) is 19.2 Å². The highest BCUT2D eigenvalue weighted by Crippen LogP contribution is 2.35. The normalized spacial score (nSPS) is 18.7. The quantitative estimate of drug-likeness (QED) is 0.149. The molecule has 13 heteroatoms. The number of nitrogens with one attached hydrogen (secondary N) is 1. The van der Waals surface area contributed by atoms with Gasteiger partial charge in [0.15, 0.2) is 0 Å². The van der Waals surface area contributed by atoms with Gasteiger partial charge in [-0.15, -0.1) is 0 Å². The molecule has 0 saturated carbocycles. The highest BCUT2D eigenvalue weighted by molar-refractivity contribution is 5.92. The molecule has 1 N–H and O–H groups in total. The third-order valence-electron chi connectivity index (χ3n) is 7.09. The van der Waals surface area contributed by atoms with Crippen LogP contribution in [0.25, 0.3) is 0 Å². The molecular weight excluding hydrogens is 684 g/mol. The number of ether oxygens (including phenoxy) is 5. The van der Waals surface area contributed by atoms with Crippen LogP contribution in [0.2, 0.25) is 0 Å². The molecule has 4 atom stereocenters. The first-order chi connectivity index (χ1) is 24.2. The van der Waals surface area contributed by atoms with Crippen LogP contribution < -0.4 is 5.32 Å². The number of carbonyl (C=O) groups is 6. The minimum Gasteiger partial charge on any atom is -0.460 e. The maximum atomic E-state index is 14.7. The van der Waals surface area contributed by atoms with Gasteiger partial charge in [0.25, 0.3) is 0 Å². The molecule has 0 unspecified atom stereocenters. The summed E-state index contributed by atoms with van der Waals surface area (Å²) < 4.78 is 27.5. The maximum Gasteiger partial charge on any atom is 0.408 e. The molecule has 1 saturated heterocycles. The molecule has 1 aromatic rings. The summed E-state index contributed by atoms with van der Waals surface area (Å²) in [7, 11) is 0. The van der Waals surface area contributed by atoms with Gasteiger partial charge in [-0.05, 0) is 101 Å². The van der Waals surface area contributed by atoms with E-state index >= 15 is 0 Å². The summed E-state index contributed by atoms with van der Waals surface area (Å²) in [5.74, 6) is -4.30. The van der Waals surface area contributed by atoms with E-state index in [1.54, 1.807) is 107 Å². The van der Waals surface area contributed by atoms with Crippen LogP contribution in [0.5, 0.6) is 0 Å². The Labute approximate surface area is 313 Å². The number of likely N-dealkylation sites (tertiary alicyclic amines) is 1. The minimum absolute atomic E-state index is 0.0749. The molecule has 0 radical (unpaired) electrons. The lowest BCUT2D eigenvalue weighted by molar-refractivity contribution is -0.165. The fourth-order valence-electron chi connectivity index (χ4n) is 5.30. The fraction of sp³-hybridized carbons (Fsp3) is 0.600. The van der Waals surface area contributed by atoms with E-state index in [4.69, 9.17) is 23.7 Å². The van der Waals surface area contributed by atoms with Gasteiger partial charge in [0.1, 0.15) is 41.1 Å². The van der Waals surface area contributed by atoms with Crippen molar-refractivity contribution < 1.29 is 52.5 Å². The zero-order valence-corrected chi connectivity index (χ0v) is 33.3. The second kappa shape index (κ2) is 18.4. The lowest BCUT2D eigenvalue weighted by Crippen LogP contribution is -2.55. The van der Waals surface area contributed by atoms with E-state index in [0.717, 1.165) is 0 Å². The lowest BCUT2D eigenvalue weighted by Gasteiger charge is -2.34. The third-order valence-corrected chi connectivity index (χ3v) is 7.09. The van der Waals surface area contributed by atoms with Gasteiger partial charge in [0, 0.05) is 24.5 Å². The molecule has 13 nitrogen and oxygen atoms in total. The van der Waals surface area contributed by atoms with Crippen LogP contribution >= 0.6 is 0 Å². The SMILES string of the molecule is CC(C)(C)OC(=O)/C=C\[C@@H]1C[C@H](/C=C/C(=O)OC(C)(C)C)[C@@H](C(=O)OC(C)(C)C)N1C(=O)[C@H](CCC(=O)OC(C)(C)C)NC(=O)OCc1ccccc1. The minimum atomic E-state index is -1.39. The molecule has 294 valence electrons. The number of nitrogens with zero attached hydrogens (tertiary/aromatic N) is 1. The fourth-order valence-corrected chi connectivity index (χ4v) is 5.30. The van der Waals surface area contributed by atoms with Crippen molar-refractivity contribution >= 4 is 35.9 Å². The van der Waals surface area contributed by atoms with Crippen LogP contribution in [0.1, 0.15) is 108 Å². The first kappa shape index (κ1) is 44.5. The van der Waals surface area contributed by atoms with E-state index in [0.29, 0.717) is 5.56 Å². The second-order valence-corrected chi connectivity index (χ2v) is 16.9. The van der Waals surface area contributed by atoms with Crippen molar-refractivity contribution in [3.63, 3.8) is 0 Å². The van der Waals surface area contributed by atoms with Gasteiger partial charge in [0.05, 0.1) is 6.04 Å². The molecule has 1 aliphatic rings. The highest BCUT2D eigenvalue weighted by Gasteiger charge is 2.49. The summed E-state index contributed by atoms with van der Waals surface area (Å²) in [6.07, 6.45) is 3.92. The summed E-state index contributed by atoms with van der Waals surface area (Å²) in [6.45, 7) is 20.3. The average molecular weight is 743 g/mol. The van der Waals surface area contributed by atoms with Gasteiger partial charge in [-0.2, -0.15) is 0 Å². The summed E-state index contributed by atoms with van der Waals surface area (Å²) in [4.78, 5) is 81.4. The number of amides is 2. The molecule has 0 aliphatic carbocycles. The van der Waals surface area contributed by atoms with E-state index in [-0.39, 0.29) is 25.9 Å². The maximum absolute atomic E-state index is 14.7. The zero-order valence-electron chi connectivity index (χ0n) is 33.3. The van der Waals surface area contributed by atoms with Crippen molar-refractivity contribution in [1.82, 2.24) is 10.2 Å². The number of rotatable bonds is 12. The predicted molar refractivity (Wildman–Crippen MR) is 197 cm³/mol. The van der Waals surface area contributed by atoms with E-state index in [9.17, 15) is 28.8 Å². The van der Waals surface area contributed by atoms with Crippen LogP contribution in [-0.4, -0.2) is 81.3 Å².